The molecule has 0 radical (unpaired) electrons. The van der Waals surface area contributed by atoms with Crippen LogP contribution in [0.1, 0.15) is 11.1 Å². The third-order valence-electron chi connectivity index (χ3n) is 1.71. The summed E-state index contributed by atoms with van der Waals surface area (Å²) in [5.41, 5.74) is 1.45. The van der Waals surface area contributed by atoms with Gasteiger partial charge in [-0.2, -0.15) is 0 Å². The Morgan fingerprint density at radius 2 is 2.23 bits per heavy atom. The molecule has 0 spiro atoms. The summed E-state index contributed by atoms with van der Waals surface area (Å²) in [4.78, 5) is 0. The largest absolute Gasteiger partial charge is 0.392 e. The predicted molar refractivity (Wildman–Crippen MR) is 55.0 cm³/mol. The van der Waals surface area contributed by atoms with E-state index in [-0.39, 0.29) is 12.4 Å². The van der Waals surface area contributed by atoms with E-state index in [1.807, 2.05) is 6.92 Å². The summed E-state index contributed by atoms with van der Waals surface area (Å²) in [6.45, 7) is 1.81. The van der Waals surface area contributed by atoms with Gasteiger partial charge in [0.1, 0.15) is 5.82 Å². The Balaban J connectivity index is 3.17. The van der Waals surface area contributed by atoms with Gasteiger partial charge in [0.2, 0.25) is 0 Å². The predicted octanol–water partition coefficient (Wildman–Crippen LogP) is 2.90. The number of halogens is 2. The SMILES string of the molecule is Cc1ccc(F)c(C=CCO)c1Br. The lowest BCUT2D eigenvalue weighted by atomic mass is 10.1. The first kappa shape index (κ1) is 10.4. The minimum absolute atomic E-state index is 0.0835. The Labute approximate surface area is 85.0 Å². The van der Waals surface area contributed by atoms with Gasteiger partial charge in [-0.3, -0.25) is 0 Å². The molecule has 3 heteroatoms. The maximum absolute atomic E-state index is 13.2. The van der Waals surface area contributed by atoms with Crippen molar-refractivity contribution in [3.8, 4) is 0 Å². The Morgan fingerprint density at radius 1 is 1.54 bits per heavy atom. The molecule has 0 aliphatic carbocycles. The average molecular weight is 245 g/mol. The van der Waals surface area contributed by atoms with E-state index < -0.39 is 0 Å². The maximum atomic E-state index is 13.2. The van der Waals surface area contributed by atoms with Crippen LogP contribution < -0.4 is 0 Å². The number of hydrogen-bond donors (Lipinski definition) is 1. The van der Waals surface area contributed by atoms with E-state index >= 15 is 0 Å². The van der Waals surface area contributed by atoms with E-state index in [0.717, 1.165) is 10.0 Å². The summed E-state index contributed by atoms with van der Waals surface area (Å²) in [7, 11) is 0. The fourth-order valence-corrected chi connectivity index (χ4v) is 1.46. The van der Waals surface area contributed by atoms with Crippen molar-refractivity contribution in [3.63, 3.8) is 0 Å². The first-order valence-electron chi connectivity index (χ1n) is 3.89. The van der Waals surface area contributed by atoms with Crippen molar-refractivity contribution in [1.29, 1.82) is 0 Å². The molecule has 0 heterocycles. The van der Waals surface area contributed by atoms with Gasteiger partial charge in [-0.1, -0.05) is 18.2 Å². The quantitative estimate of drug-likeness (QED) is 0.849. The van der Waals surface area contributed by atoms with Gasteiger partial charge in [-0.05, 0) is 34.5 Å². The van der Waals surface area contributed by atoms with Gasteiger partial charge in [0.15, 0.2) is 0 Å². The summed E-state index contributed by atoms with van der Waals surface area (Å²) in [5.74, 6) is -0.290. The highest BCUT2D eigenvalue weighted by Crippen LogP contribution is 2.24. The summed E-state index contributed by atoms with van der Waals surface area (Å²) < 4.78 is 13.9. The second-order valence-corrected chi connectivity index (χ2v) is 3.47. The fourth-order valence-electron chi connectivity index (χ4n) is 1.00. The zero-order chi connectivity index (χ0) is 9.84. The van der Waals surface area contributed by atoms with Crippen LogP contribution in [0.4, 0.5) is 4.39 Å². The van der Waals surface area contributed by atoms with Gasteiger partial charge in [0, 0.05) is 10.0 Å². The molecule has 70 valence electrons. The van der Waals surface area contributed by atoms with Crippen LogP contribution in [0.25, 0.3) is 6.08 Å². The molecule has 0 saturated heterocycles. The maximum Gasteiger partial charge on any atom is 0.131 e. The van der Waals surface area contributed by atoms with Crippen LogP contribution >= 0.6 is 15.9 Å². The second-order valence-electron chi connectivity index (χ2n) is 2.68. The molecule has 1 aromatic carbocycles. The molecule has 13 heavy (non-hydrogen) atoms. The lowest BCUT2D eigenvalue weighted by Gasteiger charge is -2.03. The smallest absolute Gasteiger partial charge is 0.131 e. The van der Waals surface area contributed by atoms with Gasteiger partial charge in [-0.25, -0.2) is 4.39 Å². The van der Waals surface area contributed by atoms with Gasteiger partial charge in [0.25, 0.3) is 0 Å². The number of rotatable bonds is 2. The Kier molecular flexibility index (Phi) is 3.63. The topological polar surface area (TPSA) is 20.2 Å². The van der Waals surface area contributed by atoms with Crippen molar-refractivity contribution in [2.24, 2.45) is 0 Å². The highest BCUT2D eigenvalue weighted by Gasteiger charge is 2.05. The van der Waals surface area contributed by atoms with Crippen molar-refractivity contribution in [2.45, 2.75) is 6.92 Å². The highest BCUT2D eigenvalue weighted by molar-refractivity contribution is 9.10. The van der Waals surface area contributed by atoms with Crippen LogP contribution in [0.2, 0.25) is 0 Å². The summed E-state index contributed by atoms with van der Waals surface area (Å²) in [6, 6.07) is 3.12. The van der Waals surface area contributed by atoms with Gasteiger partial charge in [0.05, 0.1) is 6.61 Å². The molecule has 1 nitrogen and oxygen atoms in total. The zero-order valence-corrected chi connectivity index (χ0v) is 8.81. The van der Waals surface area contributed by atoms with E-state index in [1.165, 1.54) is 12.1 Å². The Bertz CT molecular complexity index is 334. The van der Waals surface area contributed by atoms with Crippen LogP contribution in [-0.2, 0) is 0 Å². The molecule has 1 rings (SSSR count). The van der Waals surface area contributed by atoms with E-state index in [1.54, 1.807) is 12.1 Å². The second kappa shape index (κ2) is 4.53. The molecule has 0 aromatic heterocycles. The first-order valence-corrected chi connectivity index (χ1v) is 4.68. The van der Waals surface area contributed by atoms with Gasteiger partial charge in [-0.15, -0.1) is 0 Å². The number of aliphatic hydroxyl groups is 1. The standard InChI is InChI=1S/C10H10BrFO/c1-7-4-5-9(12)8(10(7)11)3-2-6-13/h2-5,13H,6H2,1H3. The number of hydrogen-bond acceptors (Lipinski definition) is 1. The molecule has 1 aromatic rings. The first-order chi connectivity index (χ1) is 6.16. The molecule has 0 aliphatic heterocycles. The minimum Gasteiger partial charge on any atom is -0.392 e. The third kappa shape index (κ3) is 2.39. The summed E-state index contributed by atoms with van der Waals surface area (Å²) in [6.07, 6.45) is 3.06. The van der Waals surface area contributed by atoms with Crippen LogP contribution in [0.3, 0.4) is 0 Å². The van der Waals surface area contributed by atoms with Gasteiger partial charge >= 0.3 is 0 Å². The third-order valence-corrected chi connectivity index (χ3v) is 2.76. The van der Waals surface area contributed by atoms with Crippen LogP contribution in [-0.4, -0.2) is 11.7 Å². The molecule has 1 N–H and O–H groups in total. The van der Waals surface area contributed by atoms with Crippen molar-refractivity contribution >= 4 is 22.0 Å². The van der Waals surface area contributed by atoms with Crippen molar-refractivity contribution < 1.29 is 9.50 Å². The van der Waals surface area contributed by atoms with E-state index in [2.05, 4.69) is 15.9 Å². The molecule has 0 aliphatic rings. The van der Waals surface area contributed by atoms with Crippen molar-refractivity contribution in [2.75, 3.05) is 6.61 Å². The molecular weight excluding hydrogens is 235 g/mol. The molecular formula is C10H10BrFO. The van der Waals surface area contributed by atoms with E-state index in [4.69, 9.17) is 5.11 Å². The lowest BCUT2D eigenvalue weighted by Crippen LogP contribution is -1.87. The van der Waals surface area contributed by atoms with E-state index in [9.17, 15) is 4.39 Å². The zero-order valence-electron chi connectivity index (χ0n) is 7.22. The van der Waals surface area contributed by atoms with Crippen LogP contribution in [0.15, 0.2) is 22.7 Å². The molecule has 0 saturated carbocycles. The van der Waals surface area contributed by atoms with Crippen molar-refractivity contribution in [1.82, 2.24) is 0 Å². The van der Waals surface area contributed by atoms with E-state index in [0.29, 0.717) is 5.56 Å². The molecule has 0 amide bonds. The summed E-state index contributed by atoms with van der Waals surface area (Å²) >= 11 is 3.29. The van der Waals surface area contributed by atoms with Crippen LogP contribution in [0, 0.1) is 12.7 Å². The molecule has 0 fully saturated rings. The normalized spacial score (nSPS) is 11.1. The Morgan fingerprint density at radius 3 is 2.85 bits per heavy atom. The average Bonchev–Trinajstić information content (AvgIpc) is 2.12. The number of aliphatic hydroxyl groups excluding tert-OH is 1. The number of benzene rings is 1. The Hall–Kier alpha value is -0.670. The monoisotopic (exact) mass is 244 g/mol. The molecule has 0 atom stereocenters. The summed E-state index contributed by atoms with van der Waals surface area (Å²) in [5, 5.41) is 8.55. The molecule has 0 bridgehead atoms. The molecule has 0 unspecified atom stereocenters. The van der Waals surface area contributed by atoms with Crippen LogP contribution in [0.5, 0.6) is 0 Å². The highest BCUT2D eigenvalue weighted by atomic mass is 79.9. The number of aryl methyl sites for hydroxylation is 1. The fraction of sp³-hybridized carbons (Fsp3) is 0.200. The minimum atomic E-state index is -0.290. The van der Waals surface area contributed by atoms with Crippen molar-refractivity contribution in [3.05, 3.63) is 39.6 Å². The lowest BCUT2D eigenvalue weighted by molar-refractivity contribution is 0.343. The van der Waals surface area contributed by atoms with Gasteiger partial charge < -0.3 is 5.11 Å².